The van der Waals surface area contributed by atoms with Gasteiger partial charge in [-0.2, -0.15) is 0 Å². The second kappa shape index (κ2) is 10.8. The Labute approximate surface area is 208 Å². The van der Waals surface area contributed by atoms with Crippen LogP contribution >= 0.6 is 23.2 Å². The molecule has 1 aliphatic heterocycles. The maximum absolute atomic E-state index is 13.2. The summed E-state index contributed by atoms with van der Waals surface area (Å²) in [5.74, 6) is -1.35. The van der Waals surface area contributed by atoms with Gasteiger partial charge in [-0.1, -0.05) is 41.4 Å². The van der Waals surface area contributed by atoms with E-state index in [0.717, 1.165) is 4.31 Å². The van der Waals surface area contributed by atoms with E-state index >= 15 is 0 Å². The molecule has 0 saturated carbocycles. The number of carbonyl (C=O) groups excluding carboxylic acids is 3. The lowest BCUT2D eigenvalue weighted by atomic mass is 10.1. The Morgan fingerprint density at radius 1 is 1.09 bits per heavy atom. The lowest BCUT2D eigenvalue weighted by Crippen LogP contribution is -2.47. The van der Waals surface area contributed by atoms with Gasteiger partial charge in [0, 0.05) is 41.7 Å². The highest BCUT2D eigenvalue weighted by molar-refractivity contribution is 7.90. The lowest BCUT2D eigenvalue weighted by molar-refractivity contribution is -0.140. The molecule has 1 aliphatic rings. The number of nitrogens with one attached hydrogen (secondary N) is 1. The normalized spacial score (nSPS) is 15.1. The third-order valence-corrected chi connectivity index (χ3v) is 8.12. The van der Waals surface area contributed by atoms with Gasteiger partial charge < -0.3 is 10.2 Å². The smallest absolute Gasteiger partial charge is 0.269 e. The first-order valence-electron chi connectivity index (χ1n) is 10.8. The molecule has 0 spiro atoms. The van der Waals surface area contributed by atoms with Crippen LogP contribution in [0, 0.1) is 0 Å². The van der Waals surface area contributed by atoms with Crippen LogP contribution in [0.1, 0.15) is 42.6 Å². The van der Waals surface area contributed by atoms with Gasteiger partial charge in [-0.3, -0.25) is 14.4 Å². The summed E-state index contributed by atoms with van der Waals surface area (Å²) in [4.78, 5) is 39.5. The van der Waals surface area contributed by atoms with Gasteiger partial charge in [-0.25, -0.2) is 12.7 Å². The van der Waals surface area contributed by atoms with Crippen LogP contribution in [0.4, 0.5) is 0 Å². The molecule has 11 heteroatoms. The summed E-state index contributed by atoms with van der Waals surface area (Å²) in [6.07, 6.45) is 0.00806. The molecule has 0 fully saturated rings. The van der Waals surface area contributed by atoms with Crippen molar-refractivity contribution in [3.8, 4) is 0 Å². The lowest BCUT2D eigenvalue weighted by Gasteiger charge is -2.29. The SMILES string of the molecule is CCNC(=O)[C@@H](C)N(Cc1c(Cl)cccc1Cl)C(=O)CCCN1C(=O)c2ccccc2S1(=O)=O. The molecule has 0 unspecified atom stereocenters. The average Bonchev–Trinajstić information content (AvgIpc) is 2.99. The van der Waals surface area contributed by atoms with Gasteiger partial charge in [0.15, 0.2) is 0 Å². The highest BCUT2D eigenvalue weighted by Gasteiger charge is 2.40. The first kappa shape index (κ1) is 26.0. The zero-order chi connectivity index (χ0) is 25.0. The number of fused-ring (bicyclic) bond motifs is 1. The van der Waals surface area contributed by atoms with Crippen LogP contribution in [-0.2, 0) is 26.2 Å². The van der Waals surface area contributed by atoms with E-state index in [9.17, 15) is 22.8 Å². The van der Waals surface area contributed by atoms with Crippen LogP contribution < -0.4 is 5.32 Å². The van der Waals surface area contributed by atoms with E-state index in [0.29, 0.717) is 22.2 Å². The van der Waals surface area contributed by atoms with Gasteiger partial charge in [-0.05, 0) is 44.5 Å². The Bertz CT molecular complexity index is 1200. The van der Waals surface area contributed by atoms with Gasteiger partial charge in [0.2, 0.25) is 11.8 Å². The molecule has 34 heavy (non-hydrogen) atoms. The van der Waals surface area contributed by atoms with Crippen molar-refractivity contribution in [2.75, 3.05) is 13.1 Å². The minimum absolute atomic E-state index is 0.00201. The first-order chi connectivity index (χ1) is 16.1. The molecule has 3 rings (SSSR count). The van der Waals surface area contributed by atoms with Crippen LogP contribution in [0.25, 0.3) is 0 Å². The summed E-state index contributed by atoms with van der Waals surface area (Å²) in [6, 6.07) is 10.1. The van der Waals surface area contributed by atoms with Gasteiger partial charge in [-0.15, -0.1) is 0 Å². The standard InChI is InChI=1S/C23H25Cl2N3O5S/c1-3-26-22(30)15(2)27(14-17-18(24)9-6-10-19(17)25)21(29)12-7-13-28-23(31)16-8-4-5-11-20(16)34(28,32)33/h4-6,8-11,15H,3,7,12-14H2,1-2H3,(H,26,30)/t15-/m1/s1. The number of amides is 3. The Morgan fingerprint density at radius 2 is 1.74 bits per heavy atom. The van der Waals surface area contributed by atoms with Crippen molar-refractivity contribution in [3.05, 3.63) is 63.6 Å². The number of benzene rings is 2. The highest BCUT2D eigenvalue weighted by atomic mass is 35.5. The predicted molar refractivity (Wildman–Crippen MR) is 129 cm³/mol. The second-order valence-corrected chi connectivity index (χ2v) is 10.4. The summed E-state index contributed by atoms with van der Waals surface area (Å²) in [5.41, 5.74) is 0.622. The number of likely N-dealkylation sites (N-methyl/N-ethyl adjacent to an activating group) is 1. The molecule has 182 valence electrons. The van der Waals surface area contributed by atoms with Gasteiger partial charge in [0.1, 0.15) is 10.9 Å². The molecule has 1 N–H and O–H groups in total. The van der Waals surface area contributed by atoms with Crippen molar-refractivity contribution in [2.45, 2.75) is 44.2 Å². The van der Waals surface area contributed by atoms with Crippen LogP contribution in [0.2, 0.25) is 10.0 Å². The molecule has 2 aromatic carbocycles. The number of hydrogen-bond donors (Lipinski definition) is 1. The number of rotatable bonds is 9. The maximum atomic E-state index is 13.2. The third-order valence-electron chi connectivity index (χ3n) is 5.57. The molecule has 8 nitrogen and oxygen atoms in total. The summed E-state index contributed by atoms with van der Waals surface area (Å²) in [5, 5.41) is 3.41. The molecule has 2 aromatic rings. The van der Waals surface area contributed by atoms with Gasteiger partial charge in [0.25, 0.3) is 15.9 Å². The topological polar surface area (TPSA) is 104 Å². The molecular weight excluding hydrogens is 501 g/mol. The number of halogens is 2. The molecule has 1 atom stereocenters. The zero-order valence-electron chi connectivity index (χ0n) is 18.8. The Hall–Kier alpha value is -2.62. The largest absolute Gasteiger partial charge is 0.355 e. The Kier molecular flexibility index (Phi) is 8.22. The van der Waals surface area contributed by atoms with Gasteiger partial charge >= 0.3 is 0 Å². The van der Waals surface area contributed by atoms with E-state index in [-0.39, 0.29) is 42.3 Å². The van der Waals surface area contributed by atoms with E-state index in [4.69, 9.17) is 23.2 Å². The van der Waals surface area contributed by atoms with Crippen LogP contribution in [0.5, 0.6) is 0 Å². The van der Waals surface area contributed by atoms with Crippen molar-refractivity contribution >= 4 is 50.9 Å². The Morgan fingerprint density at radius 3 is 2.35 bits per heavy atom. The van der Waals surface area contributed by atoms with Crippen molar-refractivity contribution in [2.24, 2.45) is 0 Å². The van der Waals surface area contributed by atoms with E-state index in [1.54, 1.807) is 44.2 Å². The number of sulfonamides is 1. The third kappa shape index (κ3) is 5.21. The van der Waals surface area contributed by atoms with Crippen LogP contribution in [-0.4, -0.2) is 54.5 Å². The average molecular weight is 526 g/mol. The number of hydrogen-bond acceptors (Lipinski definition) is 5. The second-order valence-electron chi connectivity index (χ2n) is 7.77. The molecule has 0 saturated heterocycles. The molecule has 1 heterocycles. The minimum Gasteiger partial charge on any atom is -0.355 e. The highest BCUT2D eigenvalue weighted by Crippen LogP contribution is 2.30. The van der Waals surface area contributed by atoms with E-state index < -0.39 is 27.9 Å². The van der Waals surface area contributed by atoms with E-state index in [1.165, 1.54) is 17.0 Å². The monoisotopic (exact) mass is 525 g/mol. The van der Waals surface area contributed by atoms with Crippen molar-refractivity contribution in [1.29, 1.82) is 0 Å². The van der Waals surface area contributed by atoms with E-state index in [2.05, 4.69) is 5.32 Å². The fourth-order valence-electron chi connectivity index (χ4n) is 3.73. The number of nitrogens with zero attached hydrogens (tertiary/aromatic N) is 2. The van der Waals surface area contributed by atoms with Crippen LogP contribution in [0.15, 0.2) is 47.4 Å². The summed E-state index contributed by atoms with van der Waals surface area (Å²) < 4.78 is 26.2. The summed E-state index contributed by atoms with van der Waals surface area (Å²) in [6.45, 7) is 3.61. The summed E-state index contributed by atoms with van der Waals surface area (Å²) in [7, 11) is -3.95. The van der Waals surface area contributed by atoms with Crippen molar-refractivity contribution in [1.82, 2.24) is 14.5 Å². The van der Waals surface area contributed by atoms with Crippen LogP contribution in [0.3, 0.4) is 0 Å². The summed E-state index contributed by atoms with van der Waals surface area (Å²) >= 11 is 12.5. The van der Waals surface area contributed by atoms with Crippen molar-refractivity contribution in [3.63, 3.8) is 0 Å². The Balaban J connectivity index is 1.74. The first-order valence-corrected chi connectivity index (χ1v) is 12.9. The molecule has 3 amide bonds. The number of carbonyl (C=O) groups is 3. The quantitative estimate of drug-likeness (QED) is 0.539. The molecule has 0 aromatic heterocycles. The fourth-order valence-corrected chi connectivity index (χ4v) is 5.85. The van der Waals surface area contributed by atoms with Crippen molar-refractivity contribution < 1.29 is 22.8 Å². The minimum atomic E-state index is -3.95. The fraction of sp³-hybridized carbons (Fsp3) is 0.348. The zero-order valence-corrected chi connectivity index (χ0v) is 21.1. The predicted octanol–water partition coefficient (Wildman–Crippen LogP) is 3.47. The van der Waals surface area contributed by atoms with Gasteiger partial charge in [0.05, 0.1) is 5.56 Å². The van der Waals surface area contributed by atoms with E-state index in [1.807, 2.05) is 0 Å². The molecule has 0 aliphatic carbocycles. The maximum Gasteiger partial charge on any atom is 0.269 e. The molecule has 0 bridgehead atoms. The molecule has 0 radical (unpaired) electrons. The molecular formula is C23H25Cl2N3O5S.